The van der Waals surface area contributed by atoms with E-state index in [1.165, 1.54) is 0 Å². The molecule has 3 aromatic carbocycles. The fourth-order valence-corrected chi connectivity index (χ4v) is 3.40. The van der Waals surface area contributed by atoms with Crippen molar-refractivity contribution >= 4 is 34.8 Å². The number of hydrogen-bond donors (Lipinski definition) is 2. The fourth-order valence-electron chi connectivity index (χ4n) is 3.20. The van der Waals surface area contributed by atoms with Gasteiger partial charge in [0.05, 0.1) is 23.4 Å². The summed E-state index contributed by atoms with van der Waals surface area (Å²) in [7, 11) is 3.28. The Morgan fingerprint density at radius 2 is 1.50 bits per heavy atom. The number of carbonyl (C=O) groups is 2. The predicted octanol–water partition coefficient (Wildman–Crippen LogP) is 3.79. The number of hydrogen-bond acceptors (Lipinski definition) is 5. The lowest BCUT2D eigenvalue weighted by Crippen LogP contribution is -2.41. The van der Waals surface area contributed by atoms with Crippen LogP contribution >= 0.6 is 12.2 Å². The molecule has 0 aromatic heterocycles. The largest absolute Gasteiger partial charge is 0.490 e. The van der Waals surface area contributed by atoms with E-state index in [4.69, 9.17) is 21.7 Å². The first kappa shape index (κ1) is 24.9. The van der Waals surface area contributed by atoms with Crippen molar-refractivity contribution in [3.63, 3.8) is 0 Å². The maximum atomic E-state index is 12.9. The number of thiocarbonyl (C=S) groups is 1. The average molecular weight is 478 g/mol. The van der Waals surface area contributed by atoms with E-state index in [0.717, 1.165) is 5.56 Å². The molecule has 0 saturated carbocycles. The van der Waals surface area contributed by atoms with Crippen molar-refractivity contribution in [1.82, 2.24) is 10.6 Å². The quantitative estimate of drug-likeness (QED) is 0.361. The number of ether oxygens (including phenoxy) is 2. The second kappa shape index (κ2) is 12.5. The van der Waals surface area contributed by atoms with Gasteiger partial charge in [0.1, 0.15) is 12.4 Å². The summed E-state index contributed by atoms with van der Waals surface area (Å²) >= 11 is 5.47. The Balaban J connectivity index is 1.69. The van der Waals surface area contributed by atoms with Crippen molar-refractivity contribution in [2.24, 2.45) is 0 Å². The molecule has 2 N–H and O–H groups in total. The number of rotatable bonds is 9. The molecule has 8 heteroatoms. The van der Waals surface area contributed by atoms with Gasteiger partial charge in [0.15, 0.2) is 5.11 Å². The van der Waals surface area contributed by atoms with Gasteiger partial charge in [0.25, 0.3) is 11.8 Å². The van der Waals surface area contributed by atoms with Gasteiger partial charge in [0.2, 0.25) is 0 Å². The van der Waals surface area contributed by atoms with Gasteiger partial charge in [-0.15, -0.1) is 0 Å². The van der Waals surface area contributed by atoms with Crippen molar-refractivity contribution in [1.29, 1.82) is 0 Å². The molecule has 176 valence electrons. The zero-order valence-electron chi connectivity index (χ0n) is 19.1. The highest BCUT2D eigenvalue weighted by atomic mass is 32.1. The molecule has 0 aliphatic rings. The molecule has 0 bridgehead atoms. The normalized spacial score (nSPS) is 10.3. The maximum absolute atomic E-state index is 12.9. The Morgan fingerprint density at radius 3 is 2.24 bits per heavy atom. The van der Waals surface area contributed by atoms with Gasteiger partial charge >= 0.3 is 0 Å². The standard InChI is InChI=1S/C26H27N3O4S/c1-29(26(34)28-25(31)21-13-7-9-15-23(21)33-17-16-32-2)22-14-8-6-12-20(22)24(30)27-18-19-10-4-3-5-11-19/h3-15H,16-18H2,1-2H3,(H,27,30)(H,28,31,34). The third-order valence-corrected chi connectivity index (χ3v) is 5.38. The van der Waals surface area contributed by atoms with E-state index >= 15 is 0 Å². The maximum Gasteiger partial charge on any atom is 0.261 e. The SMILES string of the molecule is COCCOc1ccccc1C(=O)NC(=S)N(C)c1ccccc1C(=O)NCc1ccccc1. The van der Waals surface area contributed by atoms with E-state index in [9.17, 15) is 9.59 Å². The van der Waals surface area contributed by atoms with Gasteiger partial charge in [-0.05, 0) is 42.0 Å². The van der Waals surface area contributed by atoms with Crippen LogP contribution in [0.4, 0.5) is 5.69 Å². The molecule has 3 aromatic rings. The summed E-state index contributed by atoms with van der Waals surface area (Å²) in [6.45, 7) is 1.12. The Kier molecular flexibility index (Phi) is 9.13. The Labute approximate surface area is 204 Å². The van der Waals surface area contributed by atoms with Crippen molar-refractivity contribution in [2.45, 2.75) is 6.54 Å². The lowest BCUT2D eigenvalue weighted by Gasteiger charge is -2.23. The van der Waals surface area contributed by atoms with Crippen molar-refractivity contribution < 1.29 is 19.1 Å². The number of methoxy groups -OCH3 is 1. The van der Waals surface area contributed by atoms with Crippen LogP contribution in [0.5, 0.6) is 5.75 Å². The van der Waals surface area contributed by atoms with Crippen LogP contribution < -0.4 is 20.3 Å². The third kappa shape index (κ3) is 6.63. The highest BCUT2D eigenvalue weighted by Gasteiger charge is 2.19. The summed E-state index contributed by atoms with van der Waals surface area (Å²) in [4.78, 5) is 27.4. The summed E-state index contributed by atoms with van der Waals surface area (Å²) in [6.07, 6.45) is 0. The van der Waals surface area contributed by atoms with Crippen LogP contribution in [-0.2, 0) is 11.3 Å². The molecule has 0 aliphatic heterocycles. The lowest BCUT2D eigenvalue weighted by molar-refractivity contribution is 0.0949. The number of para-hydroxylation sites is 2. The van der Waals surface area contributed by atoms with Crippen LogP contribution in [0, 0.1) is 0 Å². The monoisotopic (exact) mass is 477 g/mol. The van der Waals surface area contributed by atoms with Crippen molar-refractivity contribution in [3.05, 3.63) is 95.6 Å². The smallest absolute Gasteiger partial charge is 0.261 e. The first-order valence-electron chi connectivity index (χ1n) is 10.7. The summed E-state index contributed by atoms with van der Waals surface area (Å²) in [5.41, 5.74) is 2.36. The molecule has 3 rings (SSSR count). The van der Waals surface area contributed by atoms with Crippen LogP contribution in [0.3, 0.4) is 0 Å². The highest BCUT2D eigenvalue weighted by Crippen LogP contribution is 2.21. The van der Waals surface area contributed by atoms with Gasteiger partial charge in [-0.2, -0.15) is 0 Å². The van der Waals surface area contributed by atoms with Crippen LogP contribution in [0.25, 0.3) is 0 Å². The Bertz CT molecular complexity index is 1140. The minimum absolute atomic E-state index is 0.153. The second-order valence-corrected chi connectivity index (χ2v) is 7.73. The molecule has 0 unspecified atom stereocenters. The zero-order valence-corrected chi connectivity index (χ0v) is 19.9. The molecule has 0 saturated heterocycles. The molecular weight excluding hydrogens is 450 g/mol. The molecule has 7 nitrogen and oxygen atoms in total. The van der Waals surface area contributed by atoms with Gasteiger partial charge in [-0.25, -0.2) is 0 Å². The number of benzene rings is 3. The molecule has 34 heavy (non-hydrogen) atoms. The van der Waals surface area contributed by atoms with E-state index in [1.807, 2.05) is 36.4 Å². The summed E-state index contributed by atoms with van der Waals surface area (Å²) in [5.74, 6) is -0.212. The van der Waals surface area contributed by atoms with Gasteiger partial charge in [-0.3, -0.25) is 14.9 Å². The van der Waals surface area contributed by atoms with Crippen LogP contribution in [0.2, 0.25) is 0 Å². The number of nitrogens with one attached hydrogen (secondary N) is 2. The third-order valence-electron chi connectivity index (χ3n) is 5.01. The minimum atomic E-state index is -0.407. The van der Waals surface area contributed by atoms with Gasteiger partial charge < -0.3 is 19.7 Å². The summed E-state index contributed by atoms with van der Waals surface area (Å²) in [6, 6.07) is 23.6. The number of amides is 2. The molecular formula is C26H27N3O4S. The fraction of sp³-hybridized carbons (Fsp3) is 0.192. The molecule has 0 heterocycles. The van der Waals surface area contributed by atoms with E-state index in [2.05, 4.69) is 10.6 Å². The van der Waals surface area contributed by atoms with E-state index < -0.39 is 5.91 Å². The topological polar surface area (TPSA) is 79.9 Å². The molecule has 0 radical (unpaired) electrons. The Morgan fingerprint density at radius 1 is 0.853 bits per heavy atom. The van der Waals surface area contributed by atoms with Crippen LogP contribution in [-0.4, -0.2) is 44.3 Å². The minimum Gasteiger partial charge on any atom is -0.490 e. The van der Waals surface area contributed by atoms with Gasteiger partial charge in [-0.1, -0.05) is 54.6 Å². The molecule has 2 amide bonds. The van der Waals surface area contributed by atoms with Crippen LogP contribution in [0.15, 0.2) is 78.9 Å². The van der Waals surface area contributed by atoms with Crippen molar-refractivity contribution in [3.8, 4) is 5.75 Å². The van der Waals surface area contributed by atoms with E-state index in [-0.39, 0.29) is 11.0 Å². The zero-order chi connectivity index (χ0) is 24.3. The summed E-state index contributed by atoms with van der Waals surface area (Å²) in [5, 5.41) is 5.80. The number of carbonyl (C=O) groups excluding carboxylic acids is 2. The lowest BCUT2D eigenvalue weighted by atomic mass is 10.1. The molecule has 0 spiro atoms. The van der Waals surface area contributed by atoms with Crippen molar-refractivity contribution in [2.75, 3.05) is 32.3 Å². The number of nitrogens with zero attached hydrogens (tertiary/aromatic N) is 1. The Hall–Kier alpha value is -3.75. The van der Waals surface area contributed by atoms with E-state index in [0.29, 0.717) is 42.3 Å². The van der Waals surface area contributed by atoms with E-state index in [1.54, 1.807) is 61.5 Å². The predicted molar refractivity (Wildman–Crippen MR) is 136 cm³/mol. The highest BCUT2D eigenvalue weighted by molar-refractivity contribution is 7.80. The number of anilines is 1. The molecule has 0 fully saturated rings. The summed E-state index contributed by atoms with van der Waals surface area (Å²) < 4.78 is 10.6. The molecule has 0 aliphatic carbocycles. The van der Waals surface area contributed by atoms with Crippen LogP contribution in [0.1, 0.15) is 26.3 Å². The molecule has 0 atom stereocenters. The van der Waals surface area contributed by atoms with Gasteiger partial charge in [0, 0.05) is 20.7 Å². The average Bonchev–Trinajstić information content (AvgIpc) is 2.87. The first-order chi connectivity index (χ1) is 16.5. The second-order valence-electron chi connectivity index (χ2n) is 7.34. The first-order valence-corrected chi connectivity index (χ1v) is 11.1.